The van der Waals surface area contributed by atoms with Crippen molar-refractivity contribution < 1.29 is 4.74 Å². The minimum Gasteiger partial charge on any atom is -0.383 e. The average Bonchev–Trinajstić information content (AvgIpc) is 2.48. The standard InChI is InChI=1S/C8H15N3O/c1-7(2)8-9-6-10-11(8)4-5-12-3/h6-7H,4-5H2,1-3H3. The molecular formula is C8H15N3O. The van der Waals surface area contributed by atoms with Gasteiger partial charge in [0.05, 0.1) is 13.2 Å². The Balaban J connectivity index is 2.64. The molecule has 0 fully saturated rings. The molecule has 0 radical (unpaired) electrons. The first-order valence-electron chi connectivity index (χ1n) is 4.12. The van der Waals surface area contributed by atoms with Crippen molar-refractivity contribution >= 4 is 0 Å². The molecule has 68 valence electrons. The van der Waals surface area contributed by atoms with Crippen LogP contribution in [0.15, 0.2) is 6.33 Å². The van der Waals surface area contributed by atoms with Crippen LogP contribution < -0.4 is 0 Å². The fourth-order valence-electron chi connectivity index (χ4n) is 1.07. The molecular weight excluding hydrogens is 154 g/mol. The Morgan fingerprint density at radius 3 is 2.92 bits per heavy atom. The lowest BCUT2D eigenvalue weighted by molar-refractivity contribution is 0.182. The van der Waals surface area contributed by atoms with Gasteiger partial charge in [-0.05, 0) is 0 Å². The van der Waals surface area contributed by atoms with Gasteiger partial charge in [-0.1, -0.05) is 13.8 Å². The molecule has 1 aromatic heterocycles. The van der Waals surface area contributed by atoms with Crippen molar-refractivity contribution in [1.29, 1.82) is 0 Å². The van der Waals surface area contributed by atoms with Gasteiger partial charge in [0.1, 0.15) is 12.2 Å². The van der Waals surface area contributed by atoms with Gasteiger partial charge in [-0.3, -0.25) is 0 Å². The molecule has 0 aliphatic rings. The lowest BCUT2D eigenvalue weighted by atomic mass is 10.2. The van der Waals surface area contributed by atoms with Crippen molar-refractivity contribution in [2.75, 3.05) is 13.7 Å². The van der Waals surface area contributed by atoms with Gasteiger partial charge in [-0.25, -0.2) is 9.67 Å². The maximum atomic E-state index is 4.96. The van der Waals surface area contributed by atoms with Gasteiger partial charge >= 0.3 is 0 Å². The molecule has 4 heteroatoms. The second-order valence-corrected chi connectivity index (χ2v) is 2.99. The Morgan fingerprint density at radius 1 is 1.58 bits per heavy atom. The number of hydrogen-bond donors (Lipinski definition) is 0. The molecule has 0 amide bonds. The van der Waals surface area contributed by atoms with E-state index in [0.29, 0.717) is 12.5 Å². The van der Waals surface area contributed by atoms with Gasteiger partial charge in [0.2, 0.25) is 0 Å². The second-order valence-electron chi connectivity index (χ2n) is 2.99. The third kappa shape index (κ3) is 2.04. The molecule has 1 rings (SSSR count). The minimum absolute atomic E-state index is 0.421. The van der Waals surface area contributed by atoms with Crippen molar-refractivity contribution in [3.05, 3.63) is 12.2 Å². The summed E-state index contributed by atoms with van der Waals surface area (Å²) >= 11 is 0. The fourth-order valence-corrected chi connectivity index (χ4v) is 1.07. The normalized spacial score (nSPS) is 11.0. The summed E-state index contributed by atoms with van der Waals surface area (Å²) in [7, 11) is 1.69. The van der Waals surface area contributed by atoms with Crippen molar-refractivity contribution in [1.82, 2.24) is 14.8 Å². The molecule has 0 atom stereocenters. The van der Waals surface area contributed by atoms with Crippen LogP contribution in [-0.4, -0.2) is 28.5 Å². The molecule has 0 aliphatic heterocycles. The van der Waals surface area contributed by atoms with Crippen molar-refractivity contribution in [2.45, 2.75) is 26.3 Å². The van der Waals surface area contributed by atoms with Crippen LogP contribution in [0.2, 0.25) is 0 Å². The zero-order valence-corrected chi connectivity index (χ0v) is 7.82. The van der Waals surface area contributed by atoms with Crippen LogP contribution in [0.25, 0.3) is 0 Å². The highest BCUT2D eigenvalue weighted by atomic mass is 16.5. The monoisotopic (exact) mass is 169 g/mol. The Morgan fingerprint density at radius 2 is 2.33 bits per heavy atom. The van der Waals surface area contributed by atoms with Crippen LogP contribution in [0, 0.1) is 0 Å². The highest BCUT2D eigenvalue weighted by Crippen LogP contribution is 2.09. The molecule has 1 aromatic rings. The molecule has 0 spiro atoms. The Hall–Kier alpha value is -0.900. The Bertz CT molecular complexity index is 232. The number of hydrogen-bond acceptors (Lipinski definition) is 3. The number of aromatic nitrogens is 3. The predicted molar refractivity (Wildman–Crippen MR) is 46.0 cm³/mol. The summed E-state index contributed by atoms with van der Waals surface area (Å²) in [6, 6.07) is 0. The van der Waals surface area contributed by atoms with Crippen LogP contribution in [0.3, 0.4) is 0 Å². The molecule has 4 nitrogen and oxygen atoms in total. The highest BCUT2D eigenvalue weighted by Gasteiger charge is 2.06. The van der Waals surface area contributed by atoms with Crippen LogP contribution in [0.4, 0.5) is 0 Å². The quantitative estimate of drug-likeness (QED) is 0.676. The molecule has 0 N–H and O–H groups in total. The number of ether oxygens (including phenoxy) is 1. The zero-order chi connectivity index (χ0) is 8.97. The number of nitrogens with zero attached hydrogens (tertiary/aromatic N) is 3. The van der Waals surface area contributed by atoms with E-state index in [1.54, 1.807) is 13.4 Å². The smallest absolute Gasteiger partial charge is 0.138 e. The summed E-state index contributed by atoms with van der Waals surface area (Å²) in [5, 5.41) is 4.10. The van der Waals surface area contributed by atoms with Gasteiger partial charge < -0.3 is 4.74 Å². The average molecular weight is 169 g/mol. The number of methoxy groups -OCH3 is 1. The Labute approximate surface area is 72.6 Å². The summed E-state index contributed by atoms with van der Waals surface area (Å²) in [6.07, 6.45) is 1.59. The molecule has 1 heterocycles. The van der Waals surface area contributed by atoms with Crippen molar-refractivity contribution in [2.24, 2.45) is 0 Å². The molecule has 0 unspecified atom stereocenters. The van der Waals surface area contributed by atoms with Crippen molar-refractivity contribution in [3.63, 3.8) is 0 Å². The number of rotatable bonds is 4. The second kappa shape index (κ2) is 4.21. The van der Waals surface area contributed by atoms with Gasteiger partial charge in [0.25, 0.3) is 0 Å². The van der Waals surface area contributed by atoms with Crippen molar-refractivity contribution in [3.8, 4) is 0 Å². The Kier molecular flexibility index (Phi) is 3.22. The summed E-state index contributed by atoms with van der Waals surface area (Å²) in [6.45, 7) is 5.67. The first-order chi connectivity index (χ1) is 5.75. The molecule has 0 aliphatic carbocycles. The van der Waals surface area contributed by atoms with E-state index in [1.165, 1.54) is 0 Å². The van der Waals surface area contributed by atoms with E-state index in [-0.39, 0.29) is 0 Å². The van der Waals surface area contributed by atoms with Crippen LogP contribution >= 0.6 is 0 Å². The van der Waals surface area contributed by atoms with Crippen LogP contribution in [0.1, 0.15) is 25.6 Å². The van der Waals surface area contributed by atoms with Crippen LogP contribution in [0.5, 0.6) is 0 Å². The first-order valence-corrected chi connectivity index (χ1v) is 4.12. The van der Waals surface area contributed by atoms with E-state index in [2.05, 4.69) is 23.9 Å². The third-order valence-corrected chi connectivity index (χ3v) is 1.67. The van der Waals surface area contributed by atoms with E-state index in [0.717, 1.165) is 12.4 Å². The fraction of sp³-hybridized carbons (Fsp3) is 0.750. The predicted octanol–water partition coefficient (Wildman–Crippen LogP) is 1.05. The summed E-state index contributed by atoms with van der Waals surface area (Å²) < 4.78 is 6.84. The molecule has 0 bridgehead atoms. The first kappa shape index (κ1) is 9.19. The van der Waals surface area contributed by atoms with Crippen LogP contribution in [-0.2, 0) is 11.3 Å². The lowest BCUT2D eigenvalue weighted by Gasteiger charge is -2.06. The SMILES string of the molecule is COCCn1ncnc1C(C)C. The largest absolute Gasteiger partial charge is 0.383 e. The maximum absolute atomic E-state index is 4.96. The van der Waals surface area contributed by atoms with Gasteiger partial charge in [-0.15, -0.1) is 0 Å². The van der Waals surface area contributed by atoms with E-state index in [1.807, 2.05) is 4.68 Å². The molecule has 0 saturated carbocycles. The zero-order valence-electron chi connectivity index (χ0n) is 7.82. The van der Waals surface area contributed by atoms with E-state index in [4.69, 9.17) is 4.74 Å². The van der Waals surface area contributed by atoms with E-state index in [9.17, 15) is 0 Å². The summed E-state index contributed by atoms with van der Waals surface area (Å²) in [4.78, 5) is 4.16. The van der Waals surface area contributed by atoms with E-state index < -0.39 is 0 Å². The molecule has 12 heavy (non-hydrogen) atoms. The van der Waals surface area contributed by atoms with E-state index >= 15 is 0 Å². The van der Waals surface area contributed by atoms with Gasteiger partial charge in [0, 0.05) is 13.0 Å². The van der Waals surface area contributed by atoms with Gasteiger partial charge in [0.15, 0.2) is 0 Å². The summed E-state index contributed by atoms with van der Waals surface area (Å²) in [5.41, 5.74) is 0. The lowest BCUT2D eigenvalue weighted by Crippen LogP contribution is -2.10. The molecule has 0 aromatic carbocycles. The topological polar surface area (TPSA) is 39.9 Å². The highest BCUT2D eigenvalue weighted by molar-refractivity contribution is 4.90. The maximum Gasteiger partial charge on any atom is 0.138 e. The molecule has 0 saturated heterocycles. The minimum atomic E-state index is 0.421. The third-order valence-electron chi connectivity index (χ3n) is 1.67. The summed E-state index contributed by atoms with van der Waals surface area (Å²) in [5.74, 6) is 1.44. The van der Waals surface area contributed by atoms with Gasteiger partial charge in [-0.2, -0.15) is 5.10 Å².